The van der Waals surface area contributed by atoms with Crippen LogP contribution in [0.2, 0.25) is 0 Å². The van der Waals surface area contributed by atoms with Crippen LogP contribution in [0, 0.1) is 45.3 Å². The van der Waals surface area contributed by atoms with Crippen molar-refractivity contribution in [2.45, 2.75) is 0 Å². The molecule has 4 nitrogen and oxygen atoms in total. The molecular formula is C50H28N4S. The molecule has 1 heterocycles. The third-order valence-electron chi connectivity index (χ3n) is 9.92. The first kappa shape index (κ1) is 34.3. The van der Waals surface area contributed by atoms with Crippen molar-refractivity contribution in [3.05, 3.63) is 181 Å². The lowest BCUT2D eigenvalue weighted by Gasteiger charge is -2.14. The highest BCUT2D eigenvalue weighted by molar-refractivity contribution is 7.27. The average molecular weight is 717 g/mol. The molecule has 55 heavy (non-hydrogen) atoms. The molecule has 254 valence electrons. The second-order valence-corrected chi connectivity index (χ2v) is 14.0. The van der Waals surface area contributed by atoms with Crippen molar-refractivity contribution in [2.75, 3.05) is 0 Å². The van der Waals surface area contributed by atoms with E-state index in [4.69, 9.17) is 0 Å². The molecule has 0 aliphatic heterocycles. The SMILES string of the molecule is C=C.N#Cc1cc(C#N)cc(-c2cccc3cccc(-c4cccc5c4sc4c(-c6cccc7cccc(-c8cc(C#N)cc(C#N)c8)c67)cccc45)c23)c1. The molecule has 1 aromatic heterocycles. The fourth-order valence-corrected chi connectivity index (χ4v) is 9.04. The van der Waals surface area contributed by atoms with Crippen molar-refractivity contribution in [2.24, 2.45) is 0 Å². The normalized spacial score (nSPS) is 10.6. The van der Waals surface area contributed by atoms with E-state index in [-0.39, 0.29) is 0 Å². The molecule has 0 fully saturated rings. The lowest BCUT2D eigenvalue weighted by Crippen LogP contribution is -1.89. The molecule has 0 unspecified atom stereocenters. The second-order valence-electron chi connectivity index (χ2n) is 12.9. The first-order chi connectivity index (χ1) is 27.1. The highest BCUT2D eigenvalue weighted by Gasteiger charge is 2.19. The Morgan fingerprint density at radius 2 is 0.673 bits per heavy atom. The monoisotopic (exact) mass is 716 g/mol. The molecule has 0 aliphatic carbocycles. The van der Waals surface area contributed by atoms with Crippen molar-refractivity contribution < 1.29 is 0 Å². The Bertz CT molecular complexity index is 2910. The third kappa shape index (κ3) is 5.85. The van der Waals surface area contributed by atoms with E-state index in [0.717, 1.165) is 76.8 Å². The zero-order valence-electron chi connectivity index (χ0n) is 29.5. The zero-order valence-corrected chi connectivity index (χ0v) is 30.3. The van der Waals surface area contributed by atoms with Crippen LogP contribution in [0.25, 0.3) is 86.2 Å². The Morgan fingerprint density at radius 3 is 1.02 bits per heavy atom. The number of nitriles is 4. The fourth-order valence-electron chi connectivity index (χ4n) is 7.68. The van der Waals surface area contributed by atoms with Gasteiger partial charge >= 0.3 is 0 Å². The van der Waals surface area contributed by atoms with E-state index in [1.54, 1.807) is 23.5 Å². The van der Waals surface area contributed by atoms with Gasteiger partial charge in [-0.2, -0.15) is 21.0 Å². The van der Waals surface area contributed by atoms with Gasteiger partial charge in [-0.3, -0.25) is 0 Å². The van der Waals surface area contributed by atoms with Crippen LogP contribution in [0.5, 0.6) is 0 Å². The van der Waals surface area contributed by atoms with Crippen LogP contribution < -0.4 is 0 Å². The maximum absolute atomic E-state index is 9.76. The van der Waals surface area contributed by atoms with Crippen LogP contribution in [-0.2, 0) is 0 Å². The van der Waals surface area contributed by atoms with Gasteiger partial charge in [-0.05, 0) is 91.3 Å². The largest absolute Gasteiger partial charge is 0.192 e. The van der Waals surface area contributed by atoms with Crippen LogP contribution in [0.15, 0.2) is 159 Å². The highest BCUT2D eigenvalue weighted by Crippen LogP contribution is 2.48. The minimum Gasteiger partial charge on any atom is -0.192 e. The Hall–Kier alpha value is -7.80. The van der Waals surface area contributed by atoms with Crippen molar-refractivity contribution in [3.63, 3.8) is 0 Å². The molecule has 9 aromatic rings. The topological polar surface area (TPSA) is 95.2 Å². The summed E-state index contributed by atoms with van der Waals surface area (Å²) in [5, 5.41) is 45.6. The van der Waals surface area contributed by atoms with Crippen molar-refractivity contribution in [1.29, 1.82) is 21.0 Å². The predicted octanol–water partition coefficient (Wildman–Crippen LogP) is 13.3. The van der Waals surface area contributed by atoms with Crippen LogP contribution in [0.1, 0.15) is 22.3 Å². The summed E-state index contributed by atoms with van der Waals surface area (Å²) < 4.78 is 2.34. The van der Waals surface area contributed by atoms with Gasteiger partial charge in [0.1, 0.15) is 0 Å². The van der Waals surface area contributed by atoms with Gasteiger partial charge < -0.3 is 0 Å². The van der Waals surface area contributed by atoms with E-state index in [1.165, 1.54) is 9.40 Å². The molecule has 8 aromatic carbocycles. The van der Waals surface area contributed by atoms with Crippen LogP contribution in [0.3, 0.4) is 0 Å². The number of benzene rings is 8. The number of fused-ring (bicyclic) bond motifs is 5. The van der Waals surface area contributed by atoms with Crippen molar-refractivity contribution in [3.8, 4) is 68.8 Å². The second kappa shape index (κ2) is 14.3. The summed E-state index contributed by atoms with van der Waals surface area (Å²) in [6.07, 6.45) is 0. The van der Waals surface area contributed by atoms with E-state index in [2.05, 4.69) is 134 Å². The van der Waals surface area contributed by atoms with Gasteiger partial charge in [0, 0.05) is 31.3 Å². The van der Waals surface area contributed by atoms with Crippen molar-refractivity contribution >= 4 is 53.1 Å². The maximum Gasteiger partial charge on any atom is 0.0992 e. The molecule has 0 amide bonds. The molecule has 0 atom stereocenters. The summed E-state index contributed by atoms with van der Waals surface area (Å²) in [5.74, 6) is 0. The van der Waals surface area contributed by atoms with Gasteiger partial charge in [0.25, 0.3) is 0 Å². The molecule has 0 bridgehead atoms. The van der Waals surface area contributed by atoms with Crippen molar-refractivity contribution in [1.82, 2.24) is 0 Å². The first-order valence-electron chi connectivity index (χ1n) is 17.5. The average Bonchev–Trinajstić information content (AvgIpc) is 3.65. The lowest BCUT2D eigenvalue weighted by atomic mass is 9.89. The summed E-state index contributed by atoms with van der Waals surface area (Å²) >= 11 is 1.78. The lowest BCUT2D eigenvalue weighted by molar-refractivity contribution is 1.45. The fraction of sp³-hybridized carbons (Fsp3) is 0. The van der Waals surface area contributed by atoms with Gasteiger partial charge in [0.2, 0.25) is 0 Å². The number of thiophene rings is 1. The van der Waals surface area contributed by atoms with E-state index < -0.39 is 0 Å². The maximum atomic E-state index is 9.76. The minimum absolute atomic E-state index is 0.451. The van der Waals surface area contributed by atoms with Crippen LogP contribution in [0.4, 0.5) is 0 Å². The Morgan fingerprint density at radius 1 is 0.364 bits per heavy atom. The van der Waals surface area contributed by atoms with E-state index >= 15 is 0 Å². The molecule has 5 heteroatoms. The summed E-state index contributed by atoms with van der Waals surface area (Å²) in [6, 6.07) is 57.6. The van der Waals surface area contributed by atoms with Crippen LogP contribution >= 0.6 is 11.3 Å². The number of hydrogen-bond donors (Lipinski definition) is 0. The molecule has 0 saturated carbocycles. The first-order valence-corrected chi connectivity index (χ1v) is 18.3. The number of nitrogens with zero attached hydrogens (tertiary/aromatic N) is 4. The Balaban J connectivity index is 0.00000210. The van der Waals surface area contributed by atoms with E-state index in [1.807, 2.05) is 36.4 Å². The van der Waals surface area contributed by atoms with Gasteiger partial charge in [-0.15, -0.1) is 24.5 Å². The summed E-state index contributed by atoms with van der Waals surface area (Å²) in [5.41, 5.74) is 9.78. The zero-order chi connectivity index (χ0) is 38.1. The molecule has 0 radical (unpaired) electrons. The summed E-state index contributed by atoms with van der Waals surface area (Å²) in [4.78, 5) is 0. The minimum atomic E-state index is 0.451. The smallest absolute Gasteiger partial charge is 0.0992 e. The molecule has 0 N–H and O–H groups in total. The van der Waals surface area contributed by atoms with Gasteiger partial charge in [0.05, 0.1) is 46.5 Å². The molecule has 0 aliphatic rings. The van der Waals surface area contributed by atoms with E-state index in [9.17, 15) is 21.0 Å². The number of rotatable bonds is 4. The highest BCUT2D eigenvalue weighted by atomic mass is 32.1. The third-order valence-corrected chi connectivity index (χ3v) is 11.2. The molecule has 0 spiro atoms. The number of hydrogen-bond acceptors (Lipinski definition) is 5. The van der Waals surface area contributed by atoms with Gasteiger partial charge in [0.15, 0.2) is 0 Å². The quantitative estimate of drug-likeness (QED) is 0.169. The Kier molecular flexibility index (Phi) is 8.93. The van der Waals surface area contributed by atoms with Gasteiger partial charge in [-0.25, -0.2) is 0 Å². The standard InChI is InChI=1S/C48H24N4S.C2H4/c49-25-29-19-30(26-50)22-35(21-29)37-11-1-7-33-9-3-13-39(45(33)37)41-15-5-17-43-44-18-6-16-42(48(44)53-47(41)43)40-14-4-10-34-8-2-12-38(46(34)40)36-23-31(27-51)20-32(24-36)28-52;1-2/h1-24H;1-2H2. The van der Waals surface area contributed by atoms with E-state index in [0.29, 0.717) is 22.3 Å². The Labute approximate surface area is 322 Å². The molecule has 0 saturated heterocycles. The summed E-state index contributed by atoms with van der Waals surface area (Å²) in [6.45, 7) is 6.00. The predicted molar refractivity (Wildman–Crippen MR) is 226 cm³/mol. The molecular weight excluding hydrogens is 689 g/mol. The summed E-state index contributed by atoms with van der Waals surface area (Å²) in [7, 11) is 0. The van der Waals surface area contributed by atoms with Gasteiger partial charge in [-0.1, -0.05) is 109 Å². The molecule has 9 rings (SSSR count). The van der Waals surface area contributed by atoms with Crippen LogP contribution in [-0.4, -0.2) is 0 Å².